The van der Waals surface area contributed by atoms with Crippen LogP contribution in [0.1, 0.15) is 41.7 Å². The molecule has 0 radical (unpaired) electrons. The van der Waals surface area contributed by atoms with Crippen LogP contribution in [0.3, 0.4) is 0 Å². The predicted molar refractivity (Wildman–Crippen MR) is 136 cm³/mol. The van der Waals surface area contributed by atoms with Crippen molar-refractivity contribution in [2.75, 3.05) is 7.11 Å². The number of allylic oxidation sites excluding steroid dienone is 6. The van der Waals surface area contributed by atoms with Crippen molar-refractivity contribution < 1.29 is 32.2 Å². The number of halogens is 3. The fourth-order valence-corrected chi connectivity index (χ4v) is 3.46. The molecule has 36 heavy (non-hydrogen) atoms. The van der Waals surface area contributed by atoms with Crippen molar-refractivity contribution in [3.05, 3.63) is 93.6 Å². The highest BCUT2D eigenvalue weighted by Crippen LogP contribution is 2.29. The lowest BCUT2D eigenvalue weighted by Crippen LogP contribution is -2.17. The van der Waals surface area contributed by atoms with Crippen molar-refractivity contribution in [3.63, 3.8) is 0 Å². The standard InChI is InChI=1S/C29H31F3O4/c1-18(11-13-25-20(3)17-27(34-7)23(6)22(25)5)9-8-10-19(2)15-28(33)35-26-14-12-24(16-21(26)4)36-29(30,31)32/h8-17H,1-7H3/b10-8+,13-11+,18-9+,19-15+. The minimum atomic E-state index is -4.79. The molecule has 192 valence electrons. The highest BCUT2D eigenvalue weighted by molar-refractivity contribution is 5.85. The Morgan fingerprint density at radius 1 is 0.889 bits per heavy atom. The van der Waals surface area contributed by atoms with Crippen LogP contribution in [0.2, 0.25) is 0 Å². The molecule has 0 N–H and O–H groups in total. The molecule has 2 aromatic carbocycles. The van der Waals surface area contributed by atoms with Crippen molar-refractivity contribution >= 4 is 12.0 Å². The summed E-state index contributed by atoms with van der Waals surface area (Å²) in [6.07, 6.45) is 6.13. The average Bonchev–Trinajstić information content (AvgIpc) is 2.76. The number of aryl methyl sites for hydroxylation is 2. The molecule has 0 heterocycles. The Labute approximate surface area is 210 Å². The van der Waals surface area contributed by atoms with E-state index < -0.39 is 12.3 Å². The molecule has 2 aromatic rings. The molecule has 0 fully saturated rings. The number of hydrogen-bond donors (Lipinski definition) is 0. The first kappa shape index (κ1) is 28.5. The van der Waals surface area contributed by atoms with Gasteiger partial charge >= 0.3 is 12.3 Å². The number of methoxy groups -OCH3 is 1. The van der Waals surface area contributed by atoms with Gasteiger partial charge in [-0.1, -0.05) is 36.0 Å². The Morgan fingerprint density at radius 2 is 1.58 bits per heavy atom. The molecule has 4 nitrogen and oxygen atoms in total. The van der Waals surface area contributed by atoms with E-state index in [1.54, 1.807) is 20.1 Å². The summed E-state index contributed by atoms with van der Waals surface area (Å²) in [4.78, 5) is 12.2. The van der Waals surface area contributed by atoms with E-state index in [1.165, 1.54) is 24.6 Å². The number of carbonyl (C=O) groups excluding carboxylic acids is 1. The Hall–Kier alpha value is -3.74. The summed E-state index contributed by atoms with van der Waals surface area (Å²) in [5, 5.41) is 0. The van der Waals surface area contributed by atoms with Gasteiger partial charge in [0.25, 0.3) is 0 Å². The second kappa shape index (κ2) is 12.3. The van der Waals surface area contributed by atoms with Gasteiger partial charge in [-0.3, -0.25) is 0 Å². The van der Waals surface area contributed by atoms with Crippen LogP contribution in [0.5, 0.6) is 17.2 Å². The quantitative estimate of drug-likeness (QED) is 0.160. The van der Waals surface area contributed by atoms with Crippen molar-refractivity contribution in [1.29, 1.82) is 0 Å². The largest absolute Gasteiger partial charge is 0.573 e. The summed E-state index contributed by atoms with van der Waals surface area (Å²) in [6.45, 7) is 11.4. The van der Waals surface area contributed by atoms with Gasteiger partial charge in [-0.25, -0.2) is 4.79 Å². The minimum Gasteiger partial charge on any atom is -0.496 e. The van der Waals surface area contributed by atoms with Gasteiger partial charge < -0.3 is 14.2 Å². The fourth-order valence-electron chi connectivity index (χ4n) is 3.46. The third-order valence-corrected chi connectivity index (χ3v) is 5.50. The van der Waals surface area contributed by atoms with Crippen molar-refractivity contribution in [2.24, 2.45) is 0 Å². The molecule has 0 aromatic heterocycles. The van der Waals surface area contributed by atoms with Gasteiger partial charge in [-0.05, 0) is 99.2 Å². The van der Waals surface area contributed by atoms with E-state index in [4.69, 9.17) is 9.47 Å². The Balaban J connectivity index is 2.03. The van der Waals surface area contributed by atoms with E-state index in [0.29, 0.717) is 11.1 Å². The number of alkyl halides is 3. The summed E-state index contributed by atoms with van der Waals surface area (Å²) in [5.41, 5.74) is 6.57. The smallest absolute Gasteiger partial charge is 0.496 e. The number of carbonyl (C=O) groups is 1. The van der Waals surface area contributed by atoms with Gasteiger partial charge in [0.05, 0.1) is 7.11 Å². The van der Waals surface area contributed by atoms with E-state index in [2.05, 4.69) is 17.7 Å². The first-order chi connectivity index (χ1) is 16.8. The maximum Gasteiger partial charge on any atom is 0.573 e. The highest BCUT2D eigenvalue weighted by Gasteiger charge is 2.31. The Kier molecular flexibility index (Phi) is 9.73. The molecule has 0 aliphatic heterocycles. The third-order valence-electron chi connectivity index (χ3n) is 5.50. The first-order valence-corrected chi connectivity index (χ1v) is 11.2. The van der Waals surface area contributed by atoms with Gasteiger partial charge in [0, 0.05) is 6.08 Å². The van der Waals surface area contributed by atoms with Crippen LogP contribution >= 0.6 is 0 Å². The van der Waals surface area contributed by atoms with Gasteiger partial charge in [-0.2, -0.15) is 0 Å². The lowest BCUT2D eigenvalue weighted by Gasteiger charge is -2.13. The summed E-state index contributed by atoms with van der Waals surface area (Å²) in [7, 11) is 1.67. The maximum atomic E-state index is 12.3. The van der Waals surface area contributed by atoms with E-state index in [0.717, 1.165) is 40.1 Å². The second-order valence-corrected chi connectivity index (χ2v) is 8.45. The van der Waals surface area contributed by atoms with E-state index in [1.807, 2.05) is 45.1 Å². The van der Waals surface area contributed by atoms with Crippen LogP contribution in [0, 0.1) is 27.7 Å². The van der Waals surface area contributed by atoms with Crippen LogP contribution in [-0.2, 0) is 4.79 Å². The minimum absolute atomic E-state index is 0.155. The molecular formula is C29H31F3O4. The van der Waals surface area contributed by atoms with Gasteiger partial charge in [-0.15, -0.1) is 13.2 Å². The number of benzene rings is 2. The van der Waals surface area contributed by atoms with Crippen LogP contribution in [0.25, 0.3) is 6.08 Å². The molecular weight excluding hydrogens is 469 g/mol. The molecule has 0 unspecified atom stereocenters. The maximum absolute atomic E-state index is 12.3. The molecule has 7 heteroatoms. The molecule has 0 amide bonds. The van der Waals surface area contributed by atoms with Crippen LogP contribution in [0.4, 0.5) is 13.2 Å². The molecule has 0 saturated carbocycles. The summed E-state index contributed by atoms with van der Waals surface area (Å²) >= 11 is 0. The lowest BCUT2D eigenvalue weighted by atomic mass is 9.96. The van der Waals surface area contributed by atoms with E-state index >= 15 is 0 Å². The highest BCUT2D eigenvalue weighted by atomic mass is 19.4. The van der Waals surface area contributed by atoms with Crippen molar-refractivity contribution in [1.82, 2.24) is 0 Å². The van der Waals surface area contributed by atoms with Crippen LogP contribution in [0.15, 0.2) is 65.8 Å². The van der Waals surface area contributed by atoms with Crippen molar-refractivity contribution in [3.8, 4) is 17.2 Å². The molecule has 0 aliphatic carbocycles. The predicted octanol–water partition coefficient (Wildman–Crippen LogP) is 7.90. The zero-order valence-corrected chi connectivity index (χ0v) is 21.5. The van der Waals surface area contributed by atoms with Crippen LogP contribution in [-0.4, -0.2) is 19.4 Å². The van der Waals surface area contributed by atoms with Crippen LogP contribution < -0.4 is 14.2 Å². The summed E-state index contributed by atoms with van der Waals surface area (Å²) in [6, 6.07) is 5.54. The fraction of sp³-hybridized carbons (Fsp3) is 0.276. The summed E-state index contributed by atoms with van der Waals surface area (Å²) < 4.78 is 51.5. The monoisotopic (exact) mass is 500 g/mol. The molecule has 0 atom stereocenters. The van der Waals surface area contributed by atoms with E-state index in [-0.39, 0.29) is 11.5 Å². The topological polar surface area (TPSA) is 44.8 Å². The number of ether oxygens (including phenoxy) is 3. The Morgan fingerprint density at radius 3 is 2.19 bits per heavy atom. The number of hydrogen-bond acceptors (Lipinski definition) is 4. The third kappa shape index (κ3) is 8.48. The van der Waals surface area contributed by atoms with Gasteiger partial charge in [0.2, 0.25) is 0 Å². The van der Waals surface area contributed by atoms with Crippen molar-refractivity contribution in [2.45, 2.75) is 47.9 Å². The Bertz CT molecular complexity index is 1230. The molecule has 0 bridgehead atoms. The average molecular weight is 501 g/mol. The first-order valence-electron chi connectivity index (χ1n) is 11.2. The summed E-state index contributed by atoms with van der Waals surface area (Å²) in [5.74, 6) is 0.0211. The second-order valence-electron chi connectivity index (χ2n) is 8.45. The molecule has 0 saturated heterocycles. The number of rotatable bonds is 8. The SMILES string of the molecule is COc1cc(C)c(/C=C/C(C)=C/C=C/C(C)=C/C(=O)Oc2ccc(OC(F)(F)F)cc2C)c(C)c1C. The molecule has 0 aliphatic rings. The molecule has 0 spiro atoms. The van der Waals surface area contributed by atoms with Gasteiger partial charge in [0.15, 0.2) is 0 Å². The normalized spacial score (nSPS) is 12.9. The lowest BCUT2D eigenvalue weighted by molar-refractivity contribution is -0.274. The van der Waals surface area contributed by atoms with E-state index in [9.17, 15) is 18.0 Å². The molecule has 2 rings (SSSR count). The van der Waals surface area contributed by atoms with Gasteiger partial charge in [0.1, 0.15) is 17.2 Å². The zero-order chi connectivity index (χ0) is 27.0. The number of esters is 1. The zero-order valence-electron chi connectivity index (χ0n) is 21.5.